The van der Waals surface area contributed by atoms with Crippen LogP contribution in [0, 0.1) is 0 Å². The SMILES string of the molecule is CC(=NO)c1c(O)cc(C(C)C)n(-c2ccccc2)c1=O. The van der Waals surface area contributed by atoms with Crippen LogP contribution in [0.15, 0.2) is 46.3 Å². The first-order valence-corrected chi connectivity index (χ1v) is 6.70. The molecule has 0 saturated carbocycles. The lowest BCUT2D eigenvalue weighted by Crippen LogP contribution is -2.28. The van der Waals surface area contributed by atoms with Crippen LogP contribution in [0.3, 0.4) is 0 Å². The van der Waals surface area contributed by atoms with Crippen molar-refractivity contribution in [2.45, 2.75) is 26.7 Å². The molecule has 0 saturated heterocycles. The van der Waals surface area contributed by atoms with Gasteiger partial charge in [-0.2, -0.15) is 0 Å². The Bertz CT molecular complexity index is 731. The predicted molar refractivity (Wildman–Crippen MR) is 81.8 cm³/mol. The standard InChI is InChI=1S/C16H18N2O3/c1-10(2)13-9-14(19)15(11(3)17-21)16(20)18(13)12-7-5-4-6-8-12/h4-10,19,21H,1-3H3. The highest BCUT2D eigenvalue weighted by Crippen LogP contribution is 2.24. The zero-order chi connectivity index (χ0) is 15.6. The normalized spacial score (nSPS) is 11.9. The van der Waals surface area contributed by atoms with Crippen LogP contribution < -0.4 is 5.56 Å². The number of aromatic hydroxyl groups is 1. The van der Waals surface area contributed by atoms with Gasteiger partial charge < -0.3 is 10.3 Å². The minimum absolute atomic E-state index is 0.00533. The van der Waals surface area contributed by atoms with Crippen LogP contribution in [-0.2, 0) is 0 Å². The fourth-order valence-corrected chi connectivity index (χ4v) is 2.27. The Kier molecular flexibility index (Phi) is 4.12. The summed E-state index contributed by atoms with van der Waals surface area (Å²) in [6.45, 7) is 5.36. The van der Waals surface area contributed by atoms with Gasteiger partial charge in [0.25, 0.3) is 5.56 Å². The van der Waals surface area contributed by atoms with Crippen molar-refractivity contribution in [2.75, 3.05) is 0 Å². The van der Waals surface area contributed by atoms with Gasteiger partial charge in [-0.3, -0.25) is 9.36 Å². The third-order valence-electron chi connectivity index (χ3n) is 3.33. The summed E-state index contributed by atoms with van der Waals surface area (Å²) >= 11 is 0. The fraction of sp³-hybridized carbons (Fsp3) is 0.250. The lowest BCUT2D eigenvalue weighted by molar-refractivity contribution is 0.318. The second kappa shape index (κ2) is 5.83. The second-order valence-corrected chi connectivity index (χ2v) is 5.15. The van der Waals surface area contributed by atoms with E-state index in [9.17, 15) is 9.90 Å². The summed E-state index contributed by atoms with van der Waals surface area (Å²) in [7, 11) is 0. The van der Waals surface area contributed by atoms with Crippen molar-refractivity contribution >= 4 is 5.71 Å². The summed E-state index contributed by atoms with van der Waals surface area (Å²) < 4.78 is 1.54. The third-order valence-corrected chi connectivity index (χ3v) is 3.33. The minimum atomic E-state index is -0.403. The van der Waals surface area contributed by atoms with Gasteiger partial charge in [0.1, 0.15) is 11.3 Å². The predicted octanol–water partition coefficient (Wildman–Crippen LogP) is 2.86. The van der Waals surface area contributed by atoms with Gasteiger partial charge in [0.2, 0.25) is 0 Å². The van der Waals surface area contributed by atoms with Gasteiger partial charge in [-0.1, -0.05) is 37.2 Å². The highest BCUT2D eigenvalue weighted by Gasteiger charge is 2.19. The van der Waals surface area contributed by atoms with Gasteiger partial charge in [-0.15, -0.1) is 0 Å². The molecule has 0 spiro atoms. The summed E-state index contributed by atoms with van der Waals surface area (Å²) in [5.74, 6) is -0.129. The molecule has 0 aliphatic carbocycles. The van der Waals surface area contributed by atoms with Gasteiger partial charge in [0.15, 0.2) is 0 Å². The van der Waals surface area contributed by atoms with Gasteiger partial charge >= 0.3 is 0 Å². The van der Waals surface area contributed by atoms with Crippen LogP contribution in [0.4, 0.5) is 0 Å². The smallest absolute Gasteiger partial charge is 0.268 e. The van der Waals surface area contributed by atoms with E-state index in [-0.39, 0.29) is 22.9 Å². The summed E-state index contributed by atoms with van der Waals surface area (Å²) in [6.07, 6.45) is 0. The number of rotatable bonds is 3. The van der Waals surface area contributed by atoms with Crippen molar-refractivity contribution in [2.24, 2.45) is 5.16 Å². The van der Waals surface area contributed by atoms with Crippen molar-refractivity contribution in [3.63, 3.8) is 0 Å². The lowest BCUT2D eigenvalue weighted by atomic mass is 10.0. The fourth-order valence-electron chi connectivity index (χ4n) is 2.27. The zero-order valence-corrected chi connectivity index (χ0v) is 12.2. The summed E-state index contributed by atoms with van der Waals surface area (Å²) in [4.78, 5) is 12.7. The van der Waals surface area contributed by atoms with Crippen LogP contribution >= 0.6 is 0 Å². The van der Waals surface area contributed by atoms with E-state index in [1.54, 1.807) is 6.07 Å². The molecule has 21 heavy (non-hydrogen) atoms. The molecule has 0 aliphatic heterocycles. The van der Waals surface area contributed by atoms with E-state index in [1.807, 2.05) is 44.2 Å². The molecule has 2 rings (SSSR count). The molecule has 1 heterocycles. The van der Waals surface area contributed by atoms with Gasteiger partial charge in [-0.25, -0.2) is 0 Å². The van der Waals surface area contributed by atoms with Gasteiger partial charge in [0, 0.05) is 17.4 Å². The number of nitrogens with zero attached hydrogens (tertiary/aromatic N) is 2. The van der Waals surface area contributed by atoms with E-state index >= 15 is 0 Å². The lowest BCUT2D eigenvalue weighted by Gasteiger charge is -2.18. The first-order chi connectivity index (χ1) is 9.97. The second-order valence-electron chi connectivity index (χ2n) is 5.15. The Morgan fingerprint density at radius 2 is 1.86 bits per heavy atom. The Hall–Kier alpha value is -2.56. The molecule has 0 amide bonds. The van der Waals surface area contributed by atoms with Gasteiger partial charge in [-0.05, 0) is 25.0 Å². The number of hydrogen-bond donors (Lipinski definition) is 2. The maximum atomic E-state index is 12.7. The van der Waals surface area contributed by atoms with Crippen molar-refractivity contribution < 1.29 is 10.3 Å². The van der Waals surface area contributed by atoms with Crippen LogP contribution in [0.25, 0.3) is 5.69 Å². The van der Waals surface area contributed by atoms with Crippen molar-refractivity contribution in [3.05, 3.63) is 58.0 Å². The molecule has 5 heteroatoms. The van der Waals surface area contributed by atoms with E-state index in [1.165, 1.54) is 11.5 Å². The van der Waals surface area contributed by atoms with Crippen LogP contribution in [0.1, 0.15) is 37.9 Å². The Morgan fingerprint density at radius 3 is 2.38 bits per heavy atom. The molecule has 0 unspecified atom stereocenters. The van der Waals surface area contributed by atoms with E-state index in [2.05, 4.69) is 5.16 Å². The molecule has 2 N–H and O–H groups in total. The molecule has 0 radical (unpaired) electrons. The Morgan fingerprint density at radius 1 is 1.24 bits per heavy atom. The maximum absolute atomic E-state index is 12.7. The Balaban J connectivity index is 2.87. The zero-order valence-electron chi connectivity index (χ0n) is 12.2. The average Bonchev–Trinajstić information content (AvgIpc) is 2.47. The number of aromatic nitrogens is 1. The number of hydrogen-bond acceptors (Lipinski definition) is 4. The summed E-state index contributed by atoms with van der Waals surface area (Å²) in [6, 6.07) is 10.7. The first-order valence-electron chi connectivity index (χ1n) is 6.70. The molecular formula is C16H18N2O3. The van der Waals surface area contributed by atoms with E-state index in [0.29, 0.717) is 11.4 Å². The number of oxime groups is 1. The molecular weight excluding hydrogens is 268 g/mol. The maximum Gasteiger partial charge on any atom is 0.268 e. The summed E-state index contributed by atoms with van der Waals surface area (Å²) in [5, 5.41) is 22.0. The van der Waals surface area contributed by atoms with E-state index in [0.717, 1.165) is 0 Å². The number of benzene rings is 1. The van der Waals surface area contributed by atoms with Gasteiger partial charge in [0.05, 0.1) is 5.71 Å². The monoisotopic (exact) mass is 286 g/mol. The topological polar surface area (TPSA) is 74.8 Å². The van der Waals surface area contributed by atoms with Crippen LogP contribution in [-0.4, -0.2) is 20.6 Å². The highest BCUT2D eigenvalue weighted by atomic mass is 16.4. The van der Waals surface area contributed by atoms with Crippen LogP contribution in [0.2, 0.25) is 0 Å². The molecule has 1 aromatic heterocycles. The minimum Gasteiger partial charge on any atom is -0.507 e. The first kappa shape index (κ1) is 14.8. The molecule has 5 nitrogen and oxygen atoms in total. The van der Waals surface area contributed by atoms with Crippen LogP contribution in [0.5, 0.6) is 5.75 Å². The number of para-hydroxylation sites is 1. The average molecular weight is 286 g/mol. The summed E-state index contributed by atoms with van der Waals surface area (Å²) in [5.41, 5.74) is 1.08. The molecule has 1 aromatic carbocycles. The molecule has 0 atom stereocenters. The number of pyridine rings is 1. The van der Waals surface area contributed by atoms with Crippen molar-refractivity contribution in [3.8, 4) is 11.4 Å². The van der Waals surface area contributed by atoms with Crippen molar-refractivity contribution in [1.82, 2.24) is 4.57 Å². The third kappa shape index (κ3) is 2.67. The molecule has 0 fully saturated rings. The van der Waals surface area contributed by atoms with E-state index in [4.69, 9.17) is 5.21 Å². The Labute approximate surface area is 122 Å². The molecule has 2 aromatic rings. The quantitative estimate of drug-likeness (QED) is 0.517. The largest absolute Gasteiger partial charge is 0.507 e. The molecule has 0 bridgehead atoms. The molecule has 110 valence electrons. The highest BCUT2D eigenvalue weighted by molar-refractivity contribution is 6.00. The van der Waals surface area contributed by atoms with E-state index < -0.39 is 5.56 Å². The van der Waals surface area contributed by atoms with Crippen molar-refractivity contribution in [1.29, 1.82) is 0 Å². The molecule has 0 aliphatic rings.